The van der Waals surface area contributed by atoms with Gasteiger partial charge in [-0.05, 0) is 43.2 Å². The van der Waals surface area contributed by atoms with Crippen molar-refractivity contribution >= 4 is 17.8 Å². The Labute approximate surface area is 166 Å². The van der Waals surface area contributed by atoms with Gasteiger partial charge in [0, 0.05) is 5.56 Å². The van der Waals surface area contributed by atoms with E-state index in [0.717, 1.165) is 36.0 Å². The molecule has 4 heteroatoms. The number of carbonyl (C=O) groups excluding carboxylic acids is 1. The molecular weight excluding hydrogens is 352 g/mol. The van der Waals surface area contributed by atoms with Gasteiger partial charge in [0.1, 0.15) is 5.76 Å². The van der Waals surface area contributed by atoms with Gasteiger partial charge in [0.2, 0.25) is 0 Å². The van der Waals surface area contributed by atoms with Crippen molar-refractivity contribution in [1.29, 1.82) is 0 Å². The van der Waals surface area contributed by atoms with E-state index in [2.05, 4.69) is 6.92 Å². The number of carbonyl (C=O) groups is 1. The van der Waals surface area contributed by atoms with Crippen LogP contribution >= 0.6 is 0 Å². The van der Waals surface area contributed by atoms with E-state index in [0.29, 0.717) is 29.4 Å². The van der Waals surface area contributed by atoms with Gasteiger partial charge in [0.05, 0.1) is 19.3 Å². The first kappa shape index (κ1) is 19.7. The number of unbranched alkanes of at least 4 members (excludes halogenated alkanes) is 2. The van der Waals surface area contributed by atoms with Crippen molar-refractivity contribution < 1.29 is 19.0 Å². The van der Waals surface area contributed by atoms with Crippen molar-refractivity contribution in [3.05, 3.63) is 70.8 Å². The zero-order chi connectivity index (χ0) is 19.9. The van der Waals surface area contributed by atoms with Crippen LogP contribution in [0.1, 0.15) is 42.9 Å². The van der Waals surface area contributed by atoms with Crippen molar-refractivity contribution in [2.45, 2.75) is 33.1 Å². The van der Waals surface area contributed by atoms with Gasteiger partial charge < -0.3 is 14.2 Å². The Morgan fingerprint density at radius 1 is 1.04 bits per heavy atom. The standard InChI is InChI=1S/C24H26O4/c1-4-5-6-13-27-21-12-9-18(15-23(21)26-3)14-20-16-22(28-24(20)25)19-10-7-17(2)8-11-19/h7-12,14-16H,4-6,13H2,1-3H3/b20-14+. The Morgan fingerprint density at radius 2 is 1.82 bits per heavy atom. The van der Waals surface area contributed by atoms with Gasteiger partial charge in [-0.1, -0.05) is 55.7 Å². The number of hydrogen-bond acceptors (Lipinski definition) is 4. The van der Waals surface area contributed by atoms with Crippen LogP contribution in [-0.2, 0) is 9.53 Å². The molecule has 0 atom stereocenters. The van der Waals surface area contributed by atoms with Gasteiger partial charge >= 0.3 is 5.97 Å². The quantitative estimate of drug-likeness (QED) is 0.343. The number of rotatable bonds is 8. The minimum Gasteiger partial charge on any atom is -0.493 e. The average Bonchev–Trinajstić information content (AvgIpc) is 3.07. The number of ether oxygens (including phenoxy) is 3. The predicted molar refractivity (Wildman–Crippen MR) is 111 cm³/mol. The third-order valence-corrected chi connectivity index (χ3v) is 4.58. The van der Waals surface area contributed by atoms with Gasteiger partial charge in [-0.2, -0.15) is 0 Å². The Balaban J connectivity index is 1.78. The molecule has 0 radical (unpaired) electrons. The van der Waals surface area contributed by atoms with Crippen LogP contribution in [0.3, 0.4) is 0 Å². The number of aryl methyl sites for hydroxylation is 1. The first-order valence-electron chi connectivity index (χ1n) is 9.64. The lowest BCUT2D eigenvalue weighted by atomic mass is 10.1. The van der Waals surface area contributed by atoms with Crippen LogP contribution < -0.4 is 9.47 Å². The summed E-state index contributed by atoms with van der Waals surface area (Å²) < 4.78 is 16.7. The maximum absolute atomic E-state index is 12.3. The molecule has 0 bridgehead atoms. The number of cyclic esters (lactones) is 1. The molecule has 2 aromatic rings. The van der Waals surface area contributed by atoms with Gasteiger partial charge in [-0.3, -0.25) is 0 Å². The third kappa shape index (κ3) is 4.83. The van der Waals surface area contributed by atoms with E-state index in [1.807, 2.05) is 49.4 Å². The molecule has 0 fully saturated rings. The molecule has 0 aliphatic carbocycles. The summed E-state index contributed by atoms with van der Waals surface area (Å²) in [6.07, 6.45) is 6.89. The van der Waals surface area contributed by atoms with Crippen molar-refractivity contribution in [1.82, 2.24) is 0 Å². The lowest BCUT2D eigenvalue weighted by Crippen LogP contribution is -2.00. The monoisotopic (exact) mass is 378 g/mol. The van der Waals surface area contributed by atoms with Gasteiger partial charge in [0.15, 0.2) is 11.5 Å². The fourth-order valence-electron chi connectivity index (χ4n) is 2.96. The van der Waals surface area contributed by atoms with E-state index in [-0.39, 0.29) is 5.97 Å². The summed E-state index contributed by atoms with van der Waals surface area (Å²) in [4.78, 5) is 12.3. The van der Waals surface area contributed by atoms with E-state index in [1.54, 1.807) is 19.3 Å². The molecule has 4 nitrogen and oxygen atoms in total. The number of esters is 1. The van der Waals surface area contributed by atoms with Crippen molar-refractivity contribution in [3.8, 4) is 11.5 Å². The molecule has 2 aromatic carbocycles. The molecule has 0 N–H and O–H groups in total. The second-order valence-corrected chi connectivity index (χ2v) is 6.83. The smallest absolute Gasteiger partial charge is 0.343 e. The van der Waals surface area contributed by atoms with Crippen LogP contribution in [0.5, 0.6) is 11.5 Å². The van der Waals surface area contributed by atoms with Crippen LogP contribution in [0.15, 0.2) is 54.1 Å². The molecule has 0 spiro atoms. The van der Waals surface area contributed by atoms with E-state index in [4.69, 9.17) is 14.2 Å². The highest BCUT2D eigenvalue weighted by Gasteiger charge is 2.22. The molecule has 1 aliphatic heterocycles. The van der Waals surface area contributed by atoms with Crippen molar-refractivity contribution in [2.75, 3.05) is 13.7 Å². The van der Waals surface area contributed by atoms with Gasteiger partial charge in [0.25, 0.3) is 0 Å². The minimum atomic E-state index is -0.352. The maximum Gasteiger partial charge on any atom is 0.343 e. The van der Waals surface area contributed by atoms with Crippen LogP contribution in [-0.4, -0.2) is 19.7 Å². The predicted octanol–water partition coefficient (Wildman–Crippen LogP) is 5.55. The second kappa shape index (κ2) is 9.27. The zero-order valence-electron chi connectivity index (χ0n) is 16.7. The summed E-state index contributed by atoms with van der Waals surface area (Å²) in [5.41, 5.74) is 3.41. The molecule has 3 rings (SSSR count). The number of benzene rings is 2. The third-order valence-electron chi connectivity index (χ3n) is 4.58. The first-order chi connectivity index (χ1) is 13.6. The molecule has 1 aliphatic rings. The van der Waals surface area contributed by atoms with Crippen LogP contribution in [0.25, 0.3) is 11.8 Å². The maximum atomic E-state index is 12.3. The summed E-state index contributed by atoms with van der Waals surface area (Å²) in [5.74, 6) is 1.58. The Bertz CT molecular complexity index is 891. The fraction of sp³-hybridized carbons (Fsp3) is 0.292. The van der Waals surface area contributed by atoms with E-state index < -0.39 is 0 Å². The SMILES string of the molecule is CCCCCOc1ccc(/C=C2\C=C(c3ccc(C)cc3)OC2=O)cc1OC. The van der Waals surface area contributed by atoms with Gasteiger partial charge in [-0.25, -0.2) is 4.79 Å². The molecule has 146 valence electrons. The Morgan fingerprint density at radius 3 is 2.54 bits per heavy atom. The Hall–Kier alpha value is -3.01. The normalized spacial score (nSPS) is 14.8. The van der Waals surface area contributed by atoms with Crippen molar-refractivity contribution in [2.24, 2.45) is 0 Å². The summed E-state index contributed by atoms with van der Waals surface area (Å²) in [6, 6.07) is 13.5. The summed E-state index contributed by atoms with van der Waals surface area (Å²) in [5, 5.41) is 0. The lowest BCUT2D eigenvalue weighted by Gasteiger charge is -2.11. The number of methoxy groups -OCH3 is 1. The van der Waals surface area contributed by atoms with E-state index >= 15 is 0 Å². The zero-order valence-corrected chi connectivity index (χ0v) is 16.7. The molecule has 0 saturated carbocycles. The molecular formula is C24H26O4. The number of hydrogen-bond donors (Lipinski definition) is 0. The fourth-order valence-corrected chi connectivity index (χ4v) is 2.96. The van der Waals surface area contributed by atoms with E-state index in [1.165, 1.54) is 0 Å². The highest BCUT2D eigenvalue weighted by molar-refractivity contribution is 6.05. The average molecular weight is 378 g/mol. The highest BCUT2D eigenvalue weighted by atomic mass is 16.5. The second-order valence-electron chi connectivity index (χ2n) is 6.83. The lowest BCUT2D eigenvalue weighted by molar-refractivity contribution is -0.130. The largest absolute Gasteiger partial charge is 0.493 e. The molecule has 0 unspecified atom stereocenters. The molecule has 28 heavy (non-hydrogen) atoms. The van der Waals surface area contributed by atoms with Gasteiger partial charge in [-0.15, -0.1) is 0 Å². The van der Waals surface area contributed by atoms with Crippen LogP contribution in [0.4, 0.5) is 0 Å². The molecule has 0 saturated heterocycles. The molecule has 0 amide bonds. The Kier molecular flexibility index (Phi) is 6.53. The van der Waals surface area contributed by atoms with Crippen LogP contribution in [0, 0.1) is 6.92 Å². The minimum absolute atomic E-state index is 0.352. The molecule has 0 aromatic heterocycles. The van der Waals surface area contributed by atoms with E-state index in [9.17, 15) is 4.79 Å². The summed E-state index contributed by atoms with van der Waals surface area (Å²) in [6.45, 7) is 4.85. The van der Waals surface area contributed by atoms with Crippen LogP contribution in [0.2, 0.25) is 0 Å². The first-order valence-corrected chi connectivity index (χ1v) is 9.64. The summed E-state index contributed by atoms with van der Waals surface area (Å²) >= 11 is 0. The topological polar surface area (TPSA) is 44.8 Å². The van der Waals surface area contributed by atoms with Crippen molar-refractivity contribution in [3.63, 3.8) is 0 Å². The molecule has 1 heterocycles. The summed E-state index contributed by atoms with van der Waals surface area (Å²) in [7, 11) is 1.62. The highest BCUT2D eigenvalue weighted by Crippen LogP contribution is 2.31.